The molecule has 0 N–H and O–H groups in total. The van der Waals surface area contributed by atoms with E-state index in [4.69, 9.17) is 11.6 Å². The van der Waals surface area contributed by atoms with Crippen LogP contribution in [0.15, 0.2) is 18.2 Å². The average Bonchev–Trinajstić information content (AvgIpc) is 2.39. The predicted octanol–water partition coefficient (Wildman–Crippen LogP) is 5.25. The van der Waals surface area contributed by atoms with E-state index in [9.17, 15) is 0 Å². The van der Waals surface area contributed by atoms with Gasteiger partial charge in [-0.2, -0.15) is 0 Å². The fourth-order valence-corrected chi connectivity index (χ4v) is 3.38. The molecule has 2 unspecified atom stereocenters. The highest BCUT2D eigenvalue weighted by atomic mass is 79.9. The molecule has 0 radical (unpaired) electrons. The van der Waals surface area contributed by atoms with E-state index < -0.39 is 0 Å². The number of anilines is 1. The summed E-state index contributed by atoms with van der Waals surface area (Å²) in [5.74, 6) is 0.813. The highest BCUT2D eigenvalue weighted by Gasteiger charge is 2.25. The monoisotopic (exact) mass is 329 g/mol. The van der Waals surface area contributed by atoms with Crippen molar-refractivity contribution in [2.45, 2.75) is 44.5 Å². The number of piperidine rings is 1. The van der Waals surface area contributed by atoms with Crippen LogP contribution in [-0.2, 0) is 5.33 Å². The van der Waals surface area contributed by atoms with E-state index in [1.807, 2.05) is 0 Å². The third-order valence-corrected chi connectivity index (χ3v) is 4.98. The molecule has 0 saturated carbocycles. The largest absolute Gasteiger partial charge is 0.367 e. The van der Waals surface area contributed by atoms with Crippen molar-refractivity contribution in [1.82, 2.24) is 0 Å². The Morgan fingerprint density at radius 2 is 2.17 bits per heavy atom. The van der Waals surface area contributed by atoms with Gasteiger partial charge in [-0.25, -0.2) is 0 Å². The van der Waals surface area contributed by atoms with E-state index in [1.165, 1.54) is 30.5 Å². The summed E-state index contributed by atoms with van der Waals surface area (Å²) in [6.45, 7) is 5.74. The molecule has 1 aromatic carbocycles. The number of hydrogen-bond acceptors (Lipinski definition) is 1. The smallest absolute Gasteiger partial charge is 0.0642 e. The minimum atomic E-state index is 0.597. The maximum Gasteiger partial charge on any atom is 0.0642 e. The fraction of sp³-hybridized carbons (Fsp3) is 0.600. The van der Waals surface area contributed by atoms with Gasteiger partial charge in [0.1, 0.15) is 0 Å². The molecule has 2 rings (SSSR count). The first kappa shape index (κ1) is 14.2. The second-order valence-corrected chi connectivity index (χ2v) is 6.24. The molecule has 100 valence electrons. The minimum absolute atomic E-state index is 0.597. The van der Waals surface area contributed by atoms with Gasteiger partial charge in [0.25, 0.3) is 0 Å². The van der Waals surface area contributed by atoms with Crippen molar-refractivity contribution in [3.63, 3.8) is 0 Å². The Kier molecular flexibility index (Phi) is 4.97. The minimum Gasteiger partial charge on any atom is -0.367 e. The first-order valence-corrected chi connectivity index (χ1v) is 8.26. The molecule has 1 fully saturated rings. The van der Waals surface area contributed by atoms with Gasteiger partial charge < -0.3 is 4.90 Å². The van der Waals surface area contributed by atoms with E-state index in [2.05, 4.69) is 52.9 Å². The van der Waals surface area contributed by atoms with Crippen molar-refractivity contribution in [2.24, 2.45) is 5.92 Å². The van der Waals surface area contributed by atoms with Crippen LogP contribution in [0.4, 0.5) is 5.69 Å². The van der Waals surface area contributed by atoms with Gasteiger partial charge in [0.05, 0.1) is 10.7 Å². The lowest BCUT2D eigenvalue weighted by molar-refractivity contribution is 0.359. The summed E-state index contributed by atoms with van der Waals surface area (Å²) in [5.41, 5.74) is 2.44. The molecule has 0 spiro atoms. The molecular formula is C15H21BrClN. The Morgan fingerprint density at radius 3 is 2.78 bits per heavy atom. The van der Waals surface area contributed by atoms with Crippen molar-refractivity contribution in [1.29, 1.82) is 0 Å². The molecule has 18 heavy (non-hydrogen) atoms. The van der Waals surface area contributed by atoms with Crippen LogP contribution in [0, 0.1) is 5.92 Å². The van der Waals surface area contributed by atoms with E-state index >= 15 is 0 Å². The summed E-state index contributed by atoms with van der Waals surface area (Å²) in [4.78, 5) is 2.48. The molecule has 1 nitrogen and oxygen atoms in total. The van der Waals surface area contributed by atoms with Crippen LogP contribution in [0.1, 0.15) is 38.7 Å². The number of hydrogen-bond donors (Lipinski definition) is 0. The van der Waals surface area contributed by atoms with Crippen LogP contribution in [0.5, 0.6) is 0 Å². The van der Waals surface area contributed by atoms with Gasteiger partial charge in [0, 0.05) is 17.9 Å². The molecule has 0 aliphatic carbocycles. The lowest BCUT2D eigenvalue weighted by Crippen LogP contribution is -2.41. The normalized spacial score (nSPS) is 24.3. The number of alkyl halides is 1. The number of halogens is 2. The maximum absolute atomic E-state index is 6.44. The lowest BCUT2D eigenvalue weighted by atomic mass is 9.91. The van der Waals surface area contributed by atoms with Crippen LogP contribution in [-0.4, -0.2) is 12.6 Å². The highest BCUT2D eigenvalue weighted by molar-refractivity contribution is 9.08. The lowest BCUT2D eigenvalue weighted by Gasteiger charge is -2.40. The number of nitrogens with zero attached hydrogens (tertiary/aromatic N) is 1. The van der Waals surface area contributed by atoms with Gasteiger partial charge in [0.15, 0.2) is 0 Å². The van der Waals surface area contributed by atoms with Crippen molar-refractivity contribution in [3.05, 3.63) is 28.8 Å². The Balaban J connectivity index is 2.23. The zero-order valence-corrected chi connectivity index (χ0v) is 13.5. The first-order chi connectivity index (χ1) is 8.65. The summed E-state index contributed by atoms with van der Waals surface area (Å²) < 4.78 is 0. The molecule has 0 bridgehead atoms. The van der Waals surface area contributed by atoms with Crippen LogP contribution >= 0.6 is 27.5 Å². The Hall–Kier alpha value is -0.210. The Labute approximate surface area is 124 Å². The van der Waals surface area contributed by atoms with Crippen molar-refractivity contribution >= 4 is 33.2 Å². The van der Waals surface area contributed by atoms with Crippen LogP contribution < -0.4 is 4.90 Å². The topological polar surface area (TPSA) is 3.24 Å². The molecular weight excluding hydrogens is 310 g/mol. The van der Waals surface area contributed by atoms with Crippen molar-refractivity contribution in [2.75, 3.05) is 11.4 Å². The van der Waals surface area contributed by atoms with Gasteiger partial charge in [-0.05, 0) is 43.4 Å². The summed E-state index contributed by atoms with van der Waals surface area (Å²) >= 11 is 9.91. The molecule has 3 heteroatoms. The zero-order chi connectivity index (χ0) is 13.1. The predicted molar refractivity (Wildman–Crippen MR) is 83.9 cm³/mol. The summed E-state index contributed by atoms with van der Waals surface area (Å²) in [6, 6.07) is 7.01. The molecule has 1 aliphatic heterocycles. The molecule has 1 aromatic rings. The van der Waals surface area contributed by atoms with Gasteiger partial charge in [0.2, 0.25) is 0 Å². The van der Waals surface area contributed by atoms with E-state index in [-0.39, 0.29) is 0 Å². The van der Waals surface area contributed by atoms with Gasteiger partial charge >= 0.3 is 0 Å². The zero-order valence-electron chi connectivity index (χ0n) is 11.1. The van der Waals surface area contributed by atoms with Gasteiger partial charge in [-0.15, -0.1) is 0 Å². The molecule has 2 atom stereocenters. The molecule has 0 aromatic heterocycles. The van der Waals surface area contributed by atoms with Crippen molar-refractivity contribution in [3.8, 4) is 0 Å². The standard InChI is InChI=1S/C15H21BrClN/c1-3-12-5-4-11(2)18(10-12)15-7-6-13(9-16)8-14(15)17/h6-8,11-12H,3-5,9-10H2,1-2H3. The quantitative estimate of drug-likeness (QED) is 0.684. The van der Waals surface area contributed by atoms with Crippen LogP contribution in [0.25, 0.3) is 0 Å². The molecule has 0 amide bonds. The third-order valence-electron chi connectivity index (χ3n) is 4.03. The number of benzene rings is 1. The maximum atomic E-state index is 6.44. The summed E-state index contributed by atoms with van der Waals surface area (Å²) in [6.07, 6.45) is 3.89. The Bertz CT molecular complexity index is 407. The van der Waals surface area contributed by atoms with Gasteiger partial charge in [-0.3, -0.25) is 0 Å². The molecule has 1 aliphatic rings. The van der Waals surface area contributed by atoms with E-state index in [0.717, 1.165) is 22.8 Å². The third kappa shape index (κ3) is 3.03. The first-order valence-electron chi connectivity index (χ1n) is 6.76. The average molecular weight is 331 g/mol. The second-order valence-electron chi connectivity index (χ2n) is 5.27. The number of rotatable bonds is 3. The summed E-state index contributed by atoms with van der Waals surface area (Å²) in [5, 5.41) is 1.75. The molecule has 1 heterocycles. The second kappa shape index (κ2) is 6.29. The summed E-state index contributed by atoms with van der Waals surface area (Å²) in [7, 11) is 0. The van der Waals surface area contributed by atoms with Gasteiger partial charge in [-0.1, -0.05) is 46.9 Å². The fourth-order valence-electron chi connectivity index (χ4n) is 2.72. The van der Waals surface area contributed by atoms with Crippen LogP contribution in [0.3, 0.4) is 0 Å². The highest BCUT2D eigenvalue weighted by Crippen LogP contribution is 2.34. The van der Waals surface area contributed by atoms with E-state index in [1.54, 1.807) is 0 Å². The Morgan fingerprint density at radius 1 is 1.39 bits per heavy atom. The van der Waals surface area contributed by atoms with E-state index in [0.29, 0.717) is 6.04 Å². The van der Waals surface area contributed by atoms with Crippen molar-refractivity contribution < 1.29 is 0 Å². The molecule has 1 saturated heterocycles. The van der Waals surface area contributed by atoms with Crippen LogP contribution in [0.2, 0.25) is 5.02 Å². The SMILES string of the molecule is CCC1CCC(C)N(c2ccc(CBr)cc2Cl)C1.